The number of thiazole rings is 1. The summed E-state index contributed by atoms with van der Waals surface area (Å²) in [5.74, 6) is -0.474. The Morgan fingerprint density at radius 3 is 2.76 bits per heavy atom. The molecule has 1 atom stereocenters. The summed E-state index contributed by atoms with van der Waals surface area (Å²) in [6.07, 6.45) is 1.71. The van der Waals surface area contributed by atoms with E-state index in [-0.39, 0.29) is 0 Å². The van der Waals surface area contributed by atoms with Crippen molar-refractivity contribution in [1.29, 1.82) is 0 Å². The number of hydroxylamine groups is 1. The van der Waals surface area contributed by atoms with Gasteiger partial charge in [0.05, 0.1) is 0 Å². The summed E-state index contributed by atoms with van der Waals surface area (Å²) in [6, 6.07) is 13.0. The predicted molar refractivity (Wildman–Crippen MR) is 82.4 cm³/mol. The number of rotatable bonds is 4. The van der Waals surface area contributed by atoms with Crippen LogP contribution in [0.15, 0.2) is 53.0 Å². The minimum absolute atomic E-state index is 0.474. The number of pyridine rings is 1. The lowest BCUT2D eigenvalue weighted by atomic mass is 10.1. The topological polar surface area (TPSA) is 75.1 Å². The number of hydrogen-bond acceptors (Lipinski definition) is 6. The lowest BCUT2D eigenvalue weighted by Crippen LogP contribution is -2.24. The van der Waals surface area contributed by atoms with Gasteiger partial charge in [-0.15, -0.1) is 0 Å². The van der Waals surface area contributed by atoms with Gasteiger partial charge in [0.2, 0.25) is 0 Å². The van der Waals surface area contributed by atoms with Gasteiger partial charge in [0.15, 0.2) is 4.34 Å². The minimum Gasteiger partial charge on any atom is -0.289 e. The third-order valence-electron chi connectivity index (χ3n) is 2.82. The molecule has 0 saturated heterocycles. The van der Waals surface area contributed by atoms with Gasteiger partial charge in [-0.25, -0.2) is 15.4 Å². The highest BCUT2D eigenvalue weighted by Crippen LogP contribution is 2.38. The van der Waals surface area contributed by atoms with Gasteiger partial charge in [-0.05, 0) is 17.7 Å². The Morgan fingerprint density at radius 2 is 2.05 bits per heavy atom. The number of nitrogens with zero attached hydrogens (tertiary/aromatic N) is 2. The second-order valence-electron chi connectivity index (χ2n) is 4.19. The SMILES string of the molecule is O=C(NO)C(Sc1nc2cccnc2s1)c1ccccc1. The van der Waals surface area contributed by atoms with Crippen LogP contribution in [-0.2, 0) is 4.79 Å². The Kier molecular flexibility index (Phi) is 4.14. The van der Waals surface area contributed by atoms with Crippen molar-refractivity contribution in [3.05, 3.63) is 54.2 Å². The number of carbonyl (C=O) groups excluding carboxylic acids is 1. The van der Waals surface area contributed by atoms with Crippen LogP contribution < -0.4 is 5.48 Å². The molecule has 1 unspecified atom stereocenters. The molecule has 1 amide bonds. The van der Waals surface area contributed by atoms with Crippen LogP contribution in [0.5, 0.6) is 0 Å². The Hall–Kier alpha value is -1.96. The normalized spacial score (nSPS) is 12.2. The van der Waals surface area contributed by atoms with E-state index >= 15 is 0 Å². The van der Waals surface area contributed by atoms with Crippen molar-refractivity contribution in [2.24, 2.45) is 0 Å². The number of amides is 1. The highest BCUT2D eigenvalue weighted by atomic mass is 32.2. The average Bonchev–Trinajstić information content (AvgIpc) is 2.95. The molecule has 2 heterocycles. The van der Waals surface area contributed by atoms with Crippen LogP contribution in [0, 0.1) is 0 Å². The maximum atomic E-state index is 11.9. The van der Waals surface area contributed by atoms with Crippen LogP contribution in [0.1, 0.15) is 10.8 Å². The van der Waals surface area contributed by atoms with Gasteiger partial charge in [0.1, 0.15) is 15.6 Å². The van der Waals surface area contributed by atoms with Gasteiger partial charge in [-0.2, -0.15) is 0 Å². The van der Waals surface area contributed by atoms with E-state index in [0.29, 0.717) is 0 Å². The summed E-state index contributed by atoms with van der Waals surface area (Å²) in [7, 11) is 0. The van der Waals surface area contributed by atoms with Crippen molar-refractivity contribution in [3.63, 3.8) is 0 Å². The van der Waals surface area contributed by atoms with Gasteiger partial charge >= 0.3 is 0 Å². The summed E-state index contributed by atoms with van der Waals surface area (Å²) in [5, 5.41) is 8.38. The smallest absolute Gasteiger partial charge is 0.261 e. The van der Waals surface area contributed by atoms with Gasteiger partial charge < -0.3 is 0 Å². The molecule has 3 rings (SSSR count). The number of fused-ring (bicyclic) bond motifs is 1. The molecule has 0 bridgehead atoms. The van der Waals surface area contributed by atoms with Gasteiger partial charge in [0, 0.05) is 6.20 Å². The van der Waals surface area contributed by atoms with Gasteiger partial charge in [0.25, 0.3) is 5.91 Å². The standard InChI is InChI=1S/C14H11N3O2S2/c18-12(17-19)11(9-5-2-1-3-6-9)20-14-16-10-7-4-8-15-13(10)21-14/h1-8,11,19H,(H,17,18). The Bertz CT molecular complexity index is 728. The van der Waals surface area contributed by atoms with E-state index in [1.54, 1.807) is 11.7 Å². The van der Waals surface area contributed by atoms with E-state index in [1.807, 2.05) is 42.5 Å². The molecule has 0 saturated carbocycles. The number of hydrogen-bond donors (Lipinski definition) is 2. The molecular weight excluding hydrogens is 306 g/mol. The molecule has 3 aromatic rings. The van der Waals surface area contributed by atoms with Crippen LogP contribution >= 0.6 is 23.1 Å². The van der Waals surface area contributed by atoms with Crippen LogP contribution in [0.3, 0.4) is 0 Å². The van der Waals surface area contributed by atoms with E-state index in [1.165, 1.54) is 23.1 Å². The highest BCUT2D eigenvalue weighted by Gasteiger charge is 2.23. The maximum Gasteiger partial charge on any atom is 0.261 e. The Morgan fingerprint density at radius 1 is 1.24 bits per heavy atom. The number of nitrogens with one attached hydrogen (secondary N) is 1. The minimum atomic E-state index is -0.559. The molecular formula is C14H11N3O2S2. The molecule has 106 valence electrons. The summed E-state index contributed by atoms with van der Waals surface area (Å²) in [5.41, 5.74) is 3.33. The van der Waals surface area contributed by atoms with Crippen molar-refractivity contribution < 1.29 is 10.0 Å². The third kappa shape index (κ3) is 3.05. The summed E-state index contributed by atoms with van der Waals surface area (Å²) < 4.78 is 0.737. The first-order valence-electron chi connectivity index (χ1n) is 6.15. The monoisotopic (exact) mass is 317 g/mol. The lowest BCUT2D eigenvalue weighted by molar-refractivity contribution is -0.128. The molecule has 1 aromatic carbocycles. The first kappa shape index (κ1) is 14.0. The summed E-state index contributed by atoms with van der Waals surface area (Å²) >= 11 is 2.72. The second-order valence-corrected chi connectivity index (χ2v) is 6.52. The first-order valence-corrected chi connectivity index (χ1v) is 7.84. The van der Waals surface area contributed by atoms with E-state index in [2.05, 4.69) is 9.97 Å². The molecule has 0 aliphatic rings. The van der Waals surface area contributed by atoms with E-state index in [0.717, 1.165) is 20.3 Å². The van der Waals surface area contributed by atoms with Gasteiger partial charge in [-0.3, -0.25) is 10.0 Å². The van der Waals surface area contributed by atoms with Crippen molar-refractivity contribution >= 4 is 39.4 Å². The fourth-order valence-corrected chi connectivity index (χ4v) is 4.03. The summed E-state index contributed by atoms with van der Waals surface area (Å²) in [6.45, 7) is 0. The van der Waals surface area contributed by atoms with Crippen LogP contribution in [0.25, 0.3) is 10.3 Å². The fourth-order valence-electron chi connectivity index (χ4n) is 1.86. The molecule has 0 aliphatic heterocycles. The third-order valence-corrected chi connectivity index (χ3v) is 5.14. The lowest BCUT2D eigenvalue weighted by Gasteiger charge is -2.12. The highest BCUT2D eigenvalue weighted by molar-refractivity contribution is 8.02. The zero-order valence-corrected chi connectivity index (χ0v) is 12.4. The number of aromatic nitrogens is 2. The van der Waals surface area contributed by atoms with Crippen LogP contribution in [0.4, 0.5) is 0 Å². The molecule has 21 heavy (non-hydrogen) atoms. The molecule has 2 N–H and O–H groups in total. The average molecular weight is 317 g/mol. The first-order chi connectivity index (χ1) is 10.3. The Labute approximate surface area is 129 Å². The van der Waals surface area contributed by atoms with Crippen molar-refractivity contribution in [2.45, 2.75) is 9.59 Å². The largest absolute Gasteiger partial charge is 0.289 e. The van der Waals surface area contributed by atoms with E-state index < -0.39 is 11.2 Å². The summed E-state index contributed by atoms with van der Waals surface area (Å²) in [4.78, 5) is 21.4. The molecule has 7 heteroatoms. The number of carbonyl (C=O) groups is 1. The van der Waals surface area contributed by atoms with Crippen LogP contribution in [0.2, 0.25) is 0 Å². The number of thioether (sulfide) groups is 1. The Balaban J connectivity index is 1.92. The number of benzene rings is 1. The van der Waals surface area contributed by atoms with Crippen molar-refractivity contribution in [3.8, 4) is 0 Å². The molecule has 5 nitrogen and oxygen atoms in total. The van der Waals surface area contributed by atoms with Gasteiger partial charge in [-0.1, -0.05) is 53.4 Å². The quantitative estimate of drug-likeness (QED) is 0.439. The molecule has 0 radical (unpaired) electrons. The molecule has 0 fully saturated rings. The molecule has 2 aromatic heterocycles. The van der Waals surface area contributed by atoms with Crippen molar-refractivity contribution in [2.75, 3.05) is 0 Å². The predicted octanol–water partition coefficient (Wildman–Crippen LogP) is 3.03. The maximum absolute atomic E-state index is 11.9. The van der Waals surface area contributed by atoms with Crippen molar-refractivity contribution in [1.82, 2.24) is 15.4 Å². The molecule has 0 aliphatic carbocycles. The second kappa shape index (κ2) is 6.21. The molecule has 0 spiro atoms. The zero-order chi connectivity index (χ0) is 14.7. The van der Waals surface area contributed by atoms with E-state index in [4.69, 9.17) is 5.21 Å². The van der Waals surface area contributed by atoms with Crippen LogP contribution in [-0.4, -0.2) is 21.1 Å². The zero-order valence-electron chi connectivity index (χ0n) is 10.8. The van der Waals surface area contributed by atoms with E-state index in [9.17, 15) is 4.79 Å². The fraction of sp³-hybridized carbons (Fsp3) is 0.0714.